The zero-order chi connectivity index (χ0) is 25.1. The highest BCUT2D eigenvalue weighted by Gasteiger charge is 2.42. The fraction of sp³-hybridized carbons (Fsp3) is 0.259. The summed E-state index contributed by atoms with van der Waals surface area (Å²) in [5.41, 5.74) is 2.47. The van der Waals surface area contributed by atoms with E-state index in [1.165, 1.54) is 21.3 Å². The molecule has 8 heteroatoms. The highest BCUT2D eigenvalue weighted by Crippen LogP contribution is 2.44. The normalized spacial score (nSPS) is 16.8. The van der Waals surface area contributed by atoms with Gasteiger partial charge >= 0.3 is 0 Å². The van der Waals surface area contributed by atoms with Crippen molar-refractivity contribution in [2.45, 2.75) is 12.0 Å². The minimum absolute atomic E-state index is 0.141. The lowest BCUT2D eigenvalue weighted by Gasteiger charge is -2.39. The first-order valence-electron chi connectivity index (χ1n) is 11.0. The minimum atomic E-state index is -0.665. The Morgan fingerprint density at radius 1 is 0.857 bits per heavy atom. The van der Waals surface area contributed by atoms with E-state index in [1.54, 1.807) is 43.3 Å². The van der Waals surface area contributed by atoms with Crippen molar-refractivity contribution in [2.24, 2.45) is 0 Å². The summed E-state index contributed by atoms with van der Waals surface area (Å²) in [6.45, 7) is 0. The summed E-state index contributed by atoms with van der Waals surface area (Å²) in [5, 5.41) is 2.99. The summed E-state index contributed by atoms with van der Waals surface area (Å²) in [7, 11) is 7.85. The van der Waals surface area contributed by atoms with Crippen LogP contribution in [0.1, 0.15) is 33.4 Å². The molecule has 182 valence electrons. The van der Waals surface area contributed by atoms with Crippen LogP contribution in [0.25, 0.3) is 0 Å². The van der Waals surface area contributed by atoms with Crippen LogP contribution in [0.15, 0.2) is 60.7 Å². The maximum absolute atomic E-state index is 13.9. The van der Waals surface area contributed by atoms with E-state index in [-0.39, 0.29) is 11.8 Å². The fourth-order valence-corrected chi connectivity index (χ4v) is 4.55. The van der Waals surface area contributed by atoms with Gasteiger partial charge in [0, 0.05) is 30.4 Å². The standard InChI is InChI=1S/C27H28N2O6/c1-29-24(16-10-12-18(32-2)13-11-16)23(19-8-6-7-9-20(19)27(29)31)26(30)28-17-14-21(33-3)25(35-5)22(15-17)34-4/h6-15,23-24H,1-5H3,(H,28,30)/t23-,24-/m1/s1. The molecule has 1 aliphatic rings. The maximum atomic E-state index is 13.9. The number of hydrogen-bond acceptors (Lipinski definition) is 6. The van der Waals surface area contributed by atoms with Gasteiger partial charge in [0.15, 0.2) is 11.5 Å². The van der Waals surface area contributed by atoms with Crippen molar-refractivity contribution < 1.29 is 28.5 Å². The molecule has 4 rings (SSSR count). The van der Waals surface area contributed by atoms with Crippen LogP contribution in [0.2, 0.25) is 0 Å². The summed E-state index contributed by atoms with van der Waals surface area (Å²) in [4.78, 5) is 28.7. The van der Waals surface area contributed by atoms with Crippen LogP contribution in [0, 0.1) is 0 Å². The second kappa shape index (κ2) is 9.97. The summed E-state index contributed by atoms with van der Waals surface area (Å²) in [6, 6.07) is 17.4. The van der Waals surface area contributed by atoms with Crippen molar-refractivity contribution in [3.63, 3.8) is 0 Å². The number of methoxy groups -OCH3 is 4. The van der Waals surface area contributed by atoms with E-state index in [0.717, 1.165) is 5.56 Å². The number of benzene rings is 3. The third-order valence-electron chi connectivity index (χ3n) is 6.25. The van der Waals surface area contributed by atoms with Gasteiger partial charge in [-0.2, -0.15) is 0 Å². The van der Waals surface area contributed by atoms with Gasteiger partial charge in [0.2, 0.25) is 11.7 Å². The Morgan fingerprint density at radius 3 is 2.06 bits per heavy atom. The second-order valence-corrected chi connectivity index (χ2v) is 8.10. The van der Waals surface area contributed by atoms with Crippen LogP contribution >= 0.6 is 0 Å². The summed E-state index contributed by atoms with van der Waals surface area (Å²) < 4.78 is 21.5. The molecule has 0 radical (unpaired) electrons. The zero-order valence-electron chi connectivity index (χ0n) is 20.3. The largest absolute Gasteiger partial charge is 0.497 e. The predicted octanol–water partition coefficient (Wildman–Crippen LogP) is 4.27. The number of ether oxygens (including phenoxy) is 4. The molecule has 0 bridgehead atoms. The lowest BCUT2D eigenvalue weighted by Crippen LogP contribution is -2.44. The molecule has 2 atom stereocenters. The van der Waals surface area contributed by atoms with Crippen LogP contribution in [-0.4, -0.2) is 52.2 Å². The Labute approximate surface area is 204 Å². The van der Waals surface area contributed by atoms with E-state index < -0.39 is 12.0 Å². The van der Waals surface area contributed by atoms with Crippen molar-refractivity contribution >= 4 is 17.5 Å². The number of rotatable bonds is 7. The quantitative estimate of drug-likeness (QED) is 0.548. The summed E-state index contributed by atoms with van der Waals surface area (Å²) in [5.74, 6) is 0.886. The van der Waals surface area contributed by atoms with Crippen LogP contribution in [0.3, 0.4) is 0 Å². The Balaban J connectivity index is 1.79. The molecular weight excluding hydrogens is 448 g/mol. The fourth-order valence-electron chi connectivity index (χ4n) is 4.55. The number of fused-ring (bicyclic) bond motifs is 1. The van der Waals surface area contributed by atoms with Crippen LogP contribution in [0.5, 0.6) is 23.0 Å². The summed E-state index contributed by atoms with van der Waals surface area (Å²) >= 11 is 0. The zero-order valence-corrected chi connectivity index (χ0v) is 20.3. The molecule has 0 unspecified atom stereocenters. The van der Waals surface area contributed by atoms with Gasteiger partial charge in [0.05, 0.1) is 40.4 Å². The van der Waals surface area contributed by atoms with Crippen molar-refractivity contribution in [1.82, 2.24) is 4.90 Å². The SMILES string of the molecule is COc1ccc([C@@H]2[C@H](C(=O)Nc3cc(OC)c(OC)c(OC)c3)c3ccccc3C(=O)N2C)cc1. The maximum Gasteiger partial charge on any atom is 0.254 e. The second-order valence-electron chi connectivity index (χ2n) is 8.10. The Kier molecular flexibility index (Phi) is 6.82. The van der Waals surface area contributed by atoms with Gasteiger partial charge in [-0.1, -0.05) is 30.3 Å². The molecule has 1 N–H and O–H groups in total. The number of anilines is 1. The highest BCUT2D eigenvalue weighted by molar-refractivity contribution is 6.04. The molecule has 1 aliphatic heterocycles. The molecule has 0 saturated heterocycles. The highest BCUT2D eigenvalue weighted by atomic mass is 16.5. The van der Waals surface area contributed by atoms with Crippen molar-refractivity contribution in [2.75, 3.05) is 40.8 Å². The topological polar surface area (TPSA) is 86.3 Å². The molecule has 35 heavy (non-hydrogen) atoms. The molecule has 0 aliphatic carbocycles. The molecule has 0 spiro atoms. The van der Waals surface area contributed by atoms with Crippen LogP contribution < -0.4 is 24.3 Å². The molecule has 2 amide bonds. The lowest BCUT2D eigenvalue weighted by atomic mass is 9.79. The van der Waals surface area contributed by atoms with Gasteiger partial charge in [-0.15, -0.1) is 0 Å². The van der Waals surface area contributed by atoms with E-state index in [9.17, 15) is 9.59 Å². The third-order valence-corrected chi connectivity index (χ3v) is 6.25. The lowest BCUT2D eigenvalue weighted by molar-refractivity contribution is -0.119. The minimum Gasteiger partial charge on any atom is -0.497 e. The van der Waals surface area contributed by atoms with Gasteiger partial charge in [-0.3, -0.25) is 9.59 Å². The Hall–Kier alpha value is -4.20. The first kappa shape index (κ1) is 23.9. The molecule has 0 aromatic heterocycles. The number of carbonyl (C=O) groups is 2. The third kappa shape index (κ3) is 4.35. The first-order chi connectivity index (χ1) is 16.9. The van der Waals surface area contributed by atoms with Gasteiger partial charge in [0.25, 0.3) is 5.91 Å². The number of nitrogens with zero attached hydrogens (tertiary/aromatic N) is 1. The van der Waals surface area contributed by atoms with Gasteiger partial charge < -0.3 is 29.2 Å². The monoisotopic (exact) mass is 476 g/mol. The van der Waals surface area contributed by atoms with Gasteiger partial charge in [0.1, 0.15) is 5.75 Å². The Morgan fingerprint density at radius 2 is 1.49 bits per heavy atom. The Bertz CT molecular complexity index is 1220. The van der Waals surface area contributed by atoms with Crippen LogP contribution in [0.4, 0.5) is 5.69 Å². The number of carbonyl (C=O) groups excluding carboxylic acids is 2. The molecular formula is C27H28N2O6. The van der Waals surface area contributed by atoms with Gasteiger partial charge in [-0.05, 0) is 29.3 Å². The predicted molar refractivity (Wildman–Crippen MR) is 132 cm³/mol. The van der Waals surface area contributed by atoms with Crippen molar-refractivity contribution in [3.8, 4) is 23.0 Å². The first-order valence-corrected chi connectivity index (χ1v) is 11.0. The number of amides is 2. The molecule has 0 saturated carbocycles. The smallest absolute Gasteiger partial charge is 0.254 e. The molecule has 1 heterocycles. The number of hydrogen-bond donors (Lipinski definition) is 1. The molecule has 3 aromatic carbocycles. The van der Waals surface area contributed by atoms with Crippen LogP contribution in [-0.2, 0) is 4.79 Å². The van der Waals surface area contributed by atoms with Crippen molar-refractivity contribution in [3.05, 3.63) is 77.4 Å². The van der Waals surface area contributed by atoms with E-state index in [0.29, 0.717) is 39.8 Å². The van der Waals surface area contributed by atoms with E-state index in [2.05, 4.69) is 5.32 Å². The molecule has 3 aromatic rings. The van der Waals surface area contributed by atoms with E-state index in [4.69, 9.17) is 18.9 Å². The average molecular weight is 477 g/mol. The summed E-state index contributed by atoms with van der Waals surface area (Å²) in [6.07, 6.45) is 0. The number of likely N-dealkylation sites (N-methyl/N-ethyl adjacent to an activating group) is 1. The van der Waals surface area contributed by atoms with E-state index >= 15 is 0 Å². The average Bonchev–Trinajstić information content (AvgIpc) is 2.89. The molecule has 0 fully saturated rings. The molecule has 8 nitrogen and oxygen atoms in total. The van der Waals surface area contributed by atoms with Crippen molar-refractivity contribution in [1.29, 1.82) is 0 Å². The number of nitrogens with one attached hydrogen (secondary N) is 1. The van der Waals surface area contributed by atoms with Gasteiger partial charge in [-0.25, -0.2) is 0 Å². The van der Waals surface area contributed by atoms with E-state index in [1.807, 2.05) is 36.4 Å².